The van der Waals surface area contributed by atoms with Crippen molar-refractivity contribution in [3.63, 3.8) is 0 Å². The number of hydrogen-bond acceptors (Lipinski definition) is 4. The number of ether oxygens (including phenoxy) is 3. The van der Waals surface area contributed by atoms with Crippen LogP contribution >= 0.6 is 0 Å². The summed E-state index contributed by atoms with van der Waals surface area (Å²) in [6.07, 6.45) is 1.42. The molecule has 2 heterocycles. The van der Waals surface area contributed by atoms with Gasteiger partial charge in [-0.1, -0.05) is 29.8 Å². The Kier molecular flexibility index (Phi) is 3.22. The van der Waals surface area contributed by atoms with Crippen LogP contribution in [0.3, 0.4) is 0 Å². The third kappa shape index (κ3) is 1.98. The van der Waals surface area contributed by atoms with Gasteiger partial charge in [0.05, 0.1) is 5.41 Å². The van der Waals surface area contributed by atoms with Crippen molar-refractivity contribution >= 4 is 5.78 Å². The van der Waals surface area contributed by atoms with Gasteiger partial charge in [0.25, 0.3) is 0 Å². The Hall–Kier alpha value is -2.75. The zero-order valence-electron chi connectivity index (χ0n) is 17.1. The van der Waals surface area contributed by atoms with E-state index in [0.29, 0.717) is 17.1 Å². The van der Waals surface area contributed by atoms with Gasteiger partial charge in [-0.15, -0.1) is 0 Å². The number of Topliss-reactive ketones (excluding diaryl/α,β-unsaturated/α-hetero) is 1. The number of carbonyl (C=O) groups excluding carboxylic acids is 1. The molecule has 5 rings (SSSR count). The van der Waals surface area contributed by atoms with Crippen molar-refractivity contribution in [3.8, 4) is 17.2 Å². The molecule has 2 aromatic rings. The molecule has 144 valence electrons. The van der Waals surface area contributed by atoms with Crippen molar-refractivity contribution in [2.24, 2.45) is 0 Å². The van der Waals surface area contributed by atoms with E-state index in [4.69, 9.17) is 14.2 Å². The maximum atomic E-state index is 13.4. The Morgan fingerprint density at radius 3 is 2.21 bits per heavy atom. The van der Waals surface area contributed by atoms with Crippen LogP contribution < -0.4 is 14.2 Å². The Labute approximate surface area is 165 Å². The summed E-state index contributed by atoms with van der Waals surface area (Å²) < 4.78 is 19.1. The third-order valence-corrected chi connectivity index (χ3v) is 6.22. The number of hydrogen-bond donors (Lipinski definition) is 0. The SMILES string of the molecule is CC1=C[C@@]2(C)c3cc(C)cc(C)c3O[C@H]2C2(Oc3cc(C)cc(C)c3O2)C1=O. The first-order valence-electron chi connectivity index (χ1n) is 9.67. The summed E-state index contributed by atoms with van der Waals surface area (Å²) in [6.45, 7) is 12.0. The highest BCUT2D eigenvalue weighted by Crippen LogP contribution is 2.56. The molecular formula is C24H24O4. The summed E-state index contributed by atoms with van der Waals surface area (Å²) in [6, 6.07) is 8.21. The van der Waals surface area contributed by atoms with Gasteiger partial charge >= 0.3 is 5.79 Å². The summed E-state index contributed by atoms with van der Waals surface area (Å²) in [4.78, 5) is 13.4. The lowest BCUT2D eigenvalue weighted by Gasteiger charge is -2.41. The second-order valence-corrected chi connectivity index (χ2v) is 8.68. The second kappa shape index (κ2) is 5.19. The molecule has 0 fully saturated rings. The van der Waals surface area contributed by atoms with Crippen molar-refractivity contribution in [3.05, 3.63) is 63.7 Å². The molecule has 2 aliphatic heterocycles. The molecule has 0 N–H and O–H groups in total. The van der Waals surface area contributed by atoms with Gasteiger partial charge < -0.3 is 14.2 Å². The molecule has 4 nitrogen and oxygen atoms in total. The van der Waals surface area contributed by atoms with E-state index in [0.717, 1.165) is 28.0 Å². The van der Waals surface area contributed by atoms with Crippen LogP contribution in [-0.2, 0) is 10.2 Å². The van der Waals surface area contributed by atoms with Gasteiger partial charge in [0.15, 0.2) is 17.6 Å². The number of rotatable bonds is 0. The molecule has 0 saturated heterocycles. The summed E-state index contributed by atoms with van der Waals surface area (Å²) in [5.74, 6) is 0.380. The lowest BCUT2D eigenvalue weighted by Crippen LogP contribution is -2.65. The Morgan fingerprint density at radius 1 is 0.857 bits per heavy atom. The van der Waals surface area contributed by atoms with E-state index in [1.54, 1.807) is 0 Å². The van der Waals surface area contributed by atoms with Crippen LogP contribution in [0.2, 0.25) is 0 Å². The standard InChI is InChI=1S/C24H24O4/c1-12-7-14(3)19-17(9-12)23(6)11-16(5)21(25)24(22(23)26-19)27-18-10-13(2)8-15(4)20(18)28-24/h7-11,22H,1-6H3/t22-,23+,24?/m1/s1. The van der Waals surface area contributed by atoms with E-state index in [1.807, 2.05) is 45.9 Å². The third-order valence-electron chi connectivity index (χ3n) is 6.22. The van der Waals surface area contributed by atoms with Gasteiger partial charge in [0, 0.05) is 5.56 Å². The second-order valence-electron chi connectivity index (χ2n) is 8.68. The lowest BCUT2D eigenvalue weighted by molar-refractivity contribution is -0.179. The highest BCUT2D eigenvalue weighted by molar-refractivity contribution is 6.04. The molecule has 2 aromatic carbocycles. The Bertz CT molecular complexity index is 1100. The highest BCUT2D eigenvalue weighted by atomic mass is 16.8. The molecule has 1 spiro atoms. The summed E-state index contributed by atoms with van der Waals surface area (Å²) in [5.41, 5.74) is 5.44. The highest BCUT2D eigenvalue weighted by Gasteiger charge is 2.68. The van der Waals surface area contributed by atoms with Gasteiger partial charge in [0.2, 0.25) is 5.78 Å². The molecule has 0 aromatic heterocycles. The van der Waals surface area contributed by atoms with Gasteiger partial charge in [-0.2, -0.15) is 0 Å². The predicted octanol–water partition coefficient (Wildman–Crippen LogP) is 4.64. The quantitative estimate of drug-likeness (QED) is 0.672. The molecule has 1 aliphatic carbocycles. The first-order valence-corrected chi connectivity index (χ1v) is 9.67. The van der Waals surface area contributed by atoms with Gasteiger partial charge in [0.1, 0.15) is 5.75 Å². The minimum atomic E-state index is -1.51. The van der Waals surface area contributed by atoms with Crippen molar-refractivity contribution in [1.82, 2.24) is 0 Å². The largest absolute Gasteiger partial charge is 0.480 e. The minimum Gasteiger partial charge on any atom is -0.480 e. The molecule has 3 aliphatic rings. The van der Waals surface area contributed by atoms with Gasteiger partial charge in [-0.25, -0.2) is 0 Å². The zero-order valence-corrected chi connectivity index (χ0v) is 17.1. The van der Waals surface area contributed by atoms with Crippen molar-refractivity contribution in [2.75, 3.05) is 0 Å². The molecule has 0 bridgehead atoms. The molecule has 4 heteroatoms. The van der Waals surface area contributed by atoms with Crippen LogP contribution in [0.15, 0.2) is 35.9 Å². The normalized spacial score (nSPS) is 29.4. The minimum absolute atomic E-state index is 0.176. The van der Waals surface area contributed by atoms with E-state index in [1.165, 1.54) is 5.56 Å². The first kappa shape index (κ1) is 17.4. The molecule has 3 atom stereocenters. The van der Waals surface area contributed by atoms with E-state index in [9.17, 15) is 4.79 Å². The molecular weight excluding hydrogens is 352 g/mol. The van der Waals surface area contributed by atoms with Gasteiger partial charge in [-0.05, 0) is 69.9 Å². The van der Waals surface area contributed by atoms with E-state index in [2.05, 4.69) is 26.0 Å². The number of fused-ring (bicyclic) bond motifs is 5. The Balaban J connectivity index is 1.73. The lowest BCUT2D eigenvalue weighted by atomic mass is 9.69. The summed E-state index contributed by atoms with van der Waals surface area (Å²) >= 11 is 0. The molecule has 0 saturated carbocycles. The fourth-order valence-corrected chi connectivity index (χ4v) is 5.08. The fraction of sp³-hybridized carbons (Fsp3) is 0.375. The van der Waals surface area contributed by atoms with Crippen molar-refractivity contribution in [2.45, 2.75) is 58.8 Å². The number of carbonyl (C=O) groups is 1. The van der Waals surface area contributed by atoms with Gasteiger partial charge in [-0.3, -0.25) is 4.79 Å². The average Bonchev–Trinajstić information content (AvgIpc) is 3.11. The fourth-order valence-electron chi connectivity index (χ4n) is 5.08. The van der Waals surface area contributed by atoms with Crippen molar-refractivity contribution < 1.29 is 19.0 Å². The molecule has 1 unspecified atom stereocenters. The van der Waals surface area contributed by atoms with Crippen LogP contribution in [0.5, 0.6) is 17.2 Å². The van der Waals surface area contributed by atoms with E-state index >= 15 is 0 Å². The molecule has 28 heavy (non-hydrogen) atoms. The van der Waals surface area contributed by atoms with Crippen LogP contribution in [-0.4, -0.2) is 17.7 Å². The van der Waals surface area contributed by atoms with Crippen LogP contribution in [0, 0.1) is 27.7 Å². The summed E-state index contributed by atoms with van der Waals surface area (Å²) in [7, 11) is 0. The number of aryl methyl sites for hydroxylation is 4. The monoisotopic (exact) mass is 376 g/mol. The van der Waals surface area contributed by atoms with E-state index in [-0.39, 0.29) is 5.78 Å². The van der Waals surface area contributed by atoms with Crippen LogP contribution in [0.4, 0.5) is 0 Å². The first-order chi connectivity index (χ1) is 13.2. The van der Waals surface area contributed by atoms with Crippen LogP contribution in [0.25, 0.3) is 0 Å². The van der Waals surface area contributed by atoms with Crippen LogP contribution in [0.1, 0.15) is 41.7 Å². The van der Waals surface area contributed by atoms with Crippen molar-refractivity contribution in [1.29, 1.82) is 0 Å². The Morgan fingerprint density at radius 2 is 1.50 bits per heavy atom. The smallest absolute Gasteiger partial charge is 0.355 e. The summed E-state index contributed by atoms with van der Waals surface area (Å²) in [5, 5.41) is 0. The molecule has 0 amide bonds. The topological polar surface area (TPSA) is 44.8 Å². The zero-order chi connectivity index (χ0) is 20.0. The number of ketones is 1. The average molecular weight is 376 g/mol. The predicted molar refractivity (Wildman–Crippen MR) is 106 cm³/mol. The molecule has 0 radical (unpaired) electrons. The van der Waals surface area contributed by atoms with E-state index < -0.39 is 17.3 Å². The maximum Gasteiger partial charge on any atom is 0.355 e. The maximum absolute atomic E-state index is 13.4. The number of benzene rings is 2.